The third-order valence-corrected chi connectivity index (χ3v) is 4.83. The molecule has 1 unspecified atom stereocenters. The van der Waals surface area contributed by atoms with Gasteiger partial charge in [0.1, 0.15) is 0 Å². The highest BCUT2D eigenvalue weighted by Gasteiger charge is 2.37. The van der Waals surface area contributed by atoms with Crippen molar-refractivity contribution in [3.63, 3.8) is 0 Å². The molecule has 0 bridgehead atoms. The van der Waals surface area contributed by atoms with E-state index in [0.717, 1.165) is 18.5 Å². The molecular formula is C18H24N4O2. The van der Waals surface area contributed by atoms with Gasteiger partial charge >= 0.3 is 0 Å². The summed E-state index contributed by atoms with van der Waals surface area (Å²) in [4.78, 5) is 34.9. The molecule has 2 amide bonds. The van der Waals surface area contributed by atoms with Crippen molar-refractivity contribution in [2.24, 2.45) is 11.8 Å². The van der Waals surface area contributed by atoms with Gasteiger partial charge in [-0.1, -0.05) is 6.58 Å². The molecule has 1 aliphatic heterocycles. The van der Waals surface area contributed by atoms with Gasteiger partial charge in [0.05, 0.1) is 6.04 Å². The lowest BCUT2D eigenvalue weighted by Crippen LogP contribution is -2.43. The van der Waals surface area contributed by atoms with Gasteiger partial charge in [-0.25, -0.2) is 9.97 Å². The quantitative estimate of drug-likeness (QED) is 0.836. The van der Waals surface area contributed by atoms with Crippen LogP contribution in [0.3, 0.4) is 0 Å². The lowest BCUT2D eigenvalue weighted by atomic mass is 9.95. The van der Waals surface area contributed by atoms with Crippen LogP contribution in [0, 0.1) is 18.8 Å². The van der Waals surface area contributed by atoms with Gasteiger partial charge < -0.3 is 10.2 Å². The minimum absolute atomic E-state index is 0.0510. The largest absolute Gasteiger partial charge is 0.346 e. The summed E-state index contributed by atoms with van der Waals surface area (Å²) in [6, 6.07) is 1.77. The summed E-state index contributed by atoms with van der Waals surface area (Å²) in [5.74, 6) is 1.11. The van der Waals surface area contributed by atoms with Crippen molar-refractivity contribution in [3.05, 3.63) is 36.4 Å². The number of carbonyl (C=O) groups is 2. The van der Waals surface area contributed by atoms with Gasteiger partial charge in [-0.05, 0) is 50.7 Å². The monoisotopic (exact) mass is 328 g/mol. The molecule has 24 heavy (non-hydrogen) atoms. The average Bonchev–Trinajstić information content (AvgIpc) is 3.43. The van der Waals surface area contributed by atoms with E-state index in [4.69, 9.17) is 0 Å². The summed E-state index contributed by atoms with van der Waals surface area (Å²) in [7, 11) is 0. The number of nitrogens with zero attached hydrogens (tertiary/aromatic N) is 3. The van der Waals surface area contributed by atoms with Gasteiger partial charge in [-0.3, -0.25) is 9.59 Å². The van der Waals surface area contributed by atoms with E-state index in [1.807, 2.05) is 13.0 Å². The van der Waals surface area contributed by atoms with Crippen LogP contribution in [0.4, 0.5) is 0 Å². The van der Waals surface area contributed by atoms with Gasteiger partial charge in [-0.15, -0.1) is 0 Å². The number of piperidine rings is 1. The highest BCUT2D eigenvalue weighted by molar-refractivity contribution is 5.87. The molecule has 0 spiro atoms. The number of likely N-dealkylation sites (tertiary alicyclic amines) is 1. The number of rotatable bonds is 5. The summed E-state index contributed by atoms with van der Waals surface area (Å²) in [6.07, 6.45) is 6.68. The Balaban J connectivity index is 1.61. The number of hydrogen-bond acceptors (Lipinski definition) is 4. The molecule has 2 aliphatic rings. The Morgan fingerprint density at radius 3 is 2.62 bits per heavy atom. The SMILES string of the molecule is C=CC(=O)N1CCC(C(=O)NC(c2nccc(C)n2)C2CC2)CC1. The van der Waals surface area contributed by atoms with Gasteiger partial charge in [0.2, 0.25) is 11.8 Å². The molecule has 6 nitrogen and oxygen atoms in total. The van der Waals surface area contributed by atoms with Crippen molar-refractivity contribution < 1.29 is 9.59 Å². The number of carbonyl (C=O) groups excluding carboxylic acids is 2. The molecule has 1 saturated carbocycles. The number of aromatic nitrogens is 2. The van der Waals surface area contributed by atoms with Gasteiger partial charge in [0.15, 0.2) is 5.82 Å². The minimum Gasteiger partial charge on any atom is -0.346 e. The van der Waals surface area contributed by atoms with Crippen LogP contribution in [0.2, 0.25) is 0 Å². The zero-order valence-corrected chi connectivity index (χ0v) is 14.1. The summed E-state index contributed by atoms with van der Waals surface area (Å²) in [6.45, 7) is 6.66. The van der Waals surface area contributed by atoms with Crippen LogP contribution in [0.15, 0.2) is 24.9 Å². The first-order valence-electron chi connectivity index (χ1n) is 8.59. The van der Waals surface area contributed by atoms with Gasteiger partial charge in [0, 0.05) is 30.9 Å². The second-order valence-electron chi connectivity index (χ2n) is 6.68. The maximum atomic E-state index is 12.7. The van der Waals surface area contributed by atoms with Crippen LogP contribution >= 0.6 is 0 Å². The van der Waals surface area contributed by atoms with E-state index in [-0.39, 0.29) is 23.8 Å². The Morgan fingerprint density at radius 2 is 2.04 bits per heavy atom. The lowest BCUT2D eigenvalue weighted by Gasteiger charge is -2.31. The standard InChI is InChI=1S/C18H24N4O2/c1-3-15(23)22-10-7-14(8-11-22)18(24)21-16(13-4-5-13)17-19-9-6-12(2)20-17/h3,6,9,13-14,16H,1,4-5,7-8,10-11H2,2H3,(H,21,24). The normalized spacial score (nSPS) is 19.6. The predicted octanol–water partition coefficient (Wildman–Crippen LogP) is 1.78. The zero-order valence-electron chi connectivity index (χ0n) is 14.1. The van der Waals surface area contributed by atoms with Gasteiger partial charge in [-0.2, -0.15) is 0 Å². The Bertz CT molecular complexity index is 634. The van der Waals surface area contributed by atoms with Crippen molar-refractivity contribution in [2.45, 2.75) is 38.6 Å². The van der Waals surface area contributed by atoms with Crippen LogP contribution in [-0.4, -0.2) is 39.8 Å². The van der Waals surface area contributed by atoms with Crippen LogP contribution in [-0.2, 0) is 9.59 Å². The van der Waals surface area contributed by atoms with E-state index in [9.17, 15) is 9.59 Å². The predicted molar refractivity (Wildman–Crippen MR) is 89.9 cm³/mol. The van der Waals surface area contributed by atoms with E-state index in [1.54, 1.807) is 11.1 Å². The molecule has 6 heteroatoms. The third kappa shape index (κ3) is 3.80. The zero-order chi connectivity index (χ0) is 17.1. The van der Waals surface area contributed by atoms with E-state index < -0.39 is 0 Å². The molecule has 2 heterocycles. The topological polar surface area (TPSA) is 75.2 Å². The molecule has 3 rings (SSSR count). The first-order chi connectivity index (χ1) is 11.6. The van der Waals surface area contributed by atoms with Crippen LogP contribution in [0.1, 0.15) is 43.2 Å². The Morgan fingerprint density at radius 1 is 1.33 bits per heavy atom. The molecular weight excluding hydrogens is 304 g/mol. The Labute approximate surface area is 142 Å². The summed E-state index contributed by atoms with van der Waals surface area (Å²) >= 11 is 0. The van der Waals surface area contributed by atoms with E-state index in [1.165, 1.54) is 6.08 Å². The fraction of sp³-hybridized carbons (Fsp3) is 0.556. The Kier molecular flexibility index (Phi) is 4.92. The maximum Gasteiger partial charge on any atom is 0.245 e. The van der Waals surface area contributed by atoms with Gasteiger partial charge in [0.25, 0.3) is 0 Å². The molecule has 2 fully saturated rings. The summed E-state index contributed by atoms with van der Waals surface area (Å²) < 4.78 is 0. The highest BCUT2D eigenvalue weighted by Crippen LogP contribution is 2.40. The van der Waals surface area contributed by atoms with E-state index in [2.05, 4.69) is 21.9 Å². The van der Waals surface area contributed by atoms with Crippen molar-refractivity contribution in [2.75, 3.05) is 13.1 Å². The average molecular weight is 328 g/mol. The number of amides is 2. The third-order valence-electron chi connectivity index (χ3n) is 4.83. The summed E-state index contributed by atoms with van der Waals surface area (Å²) in [5, 5.41) is 3.16. The molecule has 128 valence electrons. The fourth-order valence-corrected chi connectivity index (χ4v) is 3.20. The maximum absolute atomic E-state index is 12.7. The summed E-state index contributed by atoms with van der Waals surface area (Å²) in [5.41, 5.74) is 0.913. The van der Waals surface area contributed by atoms with Crippen molar-refractivity contribution in [1.29, 1.82) is 0 Å². The van der Waals surface area contributed by atoms with E-state index >= 15 is 0 Å². The molecule has 1 atom stereocenters. The Hall–Kier alpha value is -2.24. The fourth-order valence-electron chi connectivity index (χ4n) is 3.20. The van der Waals surface area contributed by atoms with Crippen molar-refractivity contribution in [3.8, 4) is 0 Å². The van der Waals surface area contributed by atoms with E-state index in [0.29, 0.717) is 37.7 Å². The van der Waals surface area contributed by atoms with Crippen molar-refractivity contribution >= 4 is 11.8 Å². The molecule has 0 aromatic carbocycles. The lowest BCUT2D eigenvalue weighted by molar-refractivity contribution is -0.132. The van der Waals surface area contributed by atoms with Crippen LogP contribution in [0.5, 0.6) is 0 Å². The molecule has 0 radical (unpaired) electrons. The number of aryl methyl sites for hydroxylation is 1. The van der Waals surface area contributed by atoms with Crippen LogP contribution < -0.4 is 5.32 Å². The minimum atomic E-state index is -0.0924. The molecule has 1 N–H and O–H groups in total. The number of nitrogens with one attached hydrogen (secondary N) is 1. The second kappa shape index (κ2) is 7.11. The molecule has 1 aromatic heterocycles. The molecule has 1 saturated heterocycles. The van der Waals surface area contributed by atoms with Crippen LogP contribution in [0.25, 0.3) is 0 Å². The first-order valence-corrected chi connectivity index (χ1v) is 8.59. The molecule has 1 aromatic rings. The first kappa shape index (κ1) is 16.6. The molecule has 1 aliphatic carbocycles. The smallest absolute Gasteiger partial charge is 0.245 e. The second-order valence-corrected chi connectivity index (χ2v) is 6.68. The number of hydrogen-bond donors (Lipinski definition) is 1. The van der Waals surface area contributed by atoms with Crippen molar-refractivity contribution in [1.82, 2.24) is 20.2 Å². The highest BCUT2D eigenvalue weighted by atomic mass is 16.2.